The van der Waals surface area contributed by atoms with Crippen LogP contribution in [0.25, 0.3) is 6.08 Å². The number of rotatable bonds is 7. The van der Waals surface area contributed by atoms with Crippen molar-refractivity contribution in [3.8, 4) is 17.2 Å². The summed E-state index contributed by atoms with van der Waals surface area (Å²) in [6, 6.07) is 3.48. The van der Waals surface area contributed by atoms with E-state index in [9.17, 15) is 9.59 Å². The molecule has 1 aliphatic heterocycles. The average molecular weight is 397 g/mol. The van der Waals surface area contributed by atoms with E-state index in [0.29, 0.717) is 32.0 Å². The SMILES string of the molecule is COC(=O)CCN1C(=O)/C(=C/c2cc(OC)c(OC)c(OC)c2)SC1=S. The zero-order valence-corrected chi connectivity index (χ0v) is 16.5. The number of benzene rings is 1. The zero-order chi connectivity index (χ0) is 19.3. The number of esters is 1. The fourth-order valence-corrected chi connectivity index (χ4v) is 3.64. The van der Waals surface area contributed by atoms with Gasteiger partial charge in [-0.3, -0.25) is 14.5 Å². The van der Waals surface area contributed by atoms with Gasteiger partial charge in [-0.25, -0.2) is 0 Å². The van der Waals surface area contributed by atoms with Crippen LogP contribution in [0.1, 0.15) is 12.0 Å². The summed E-state index contributed by atoms with van der Waals surface area (Å²) in [6.07, 6.45) is 1.78. The van der Waals surface area contributed by atoms with Crippen molar-refractivity contribution in [1.82, 2.24) is 4.90 Å². The third-order valence-corrected chi connectivity index (χ3v) is 5.00. The molecule has 0 spiro atoms. The largest absolute Gasteiger partial charge is 0.493 e. The minimum atomic E-state index is -0.396. The molecular weight excluding hydrogens is 378 g/mol. The molecule has 1 fully saturated rings. The third kappa shape index (κ3) is 4.28. The number of carbonyl (C=O) groups is 2. The van der Waals surface area contributed by atoms with Crippen molar-refractivity contribution in [2.45, 2.75) is 6.42 Å². The van der Waals surface area contributed by atoms with Crippen LogP contribution in [-0.4, -0.2) is 56.1 Å². The lowest BCUT2D eigenvalue weighted by Crippen LogP contribution is -2.30. The van der Waals surface area contributed by atoms with E-state index in [1.165, 1.54) is 45.1 Å². The Morgan fingerprint density at radius 3 is 2.27 bits per heavy atom. The Balaban J connectivity index is 2.28. The van der Waals surface area contributed by atoms with Crippen LogP contribution in [0, 0.1) is 0 Å². The molecular formula is C17H19NO6S2. The number of carbonyl (C=O) groups excluding carboxylic acids is 2. The van der Waals surface area contributed by atoms with Crippen molar-refractivity contribution in [3.63, 3.8) is 0 Å². The van der Waals surface area contributed by atoms with Crippen LogP contribution in [0.3, 0.4) is 0 Å². The first-order chi connectivity index (χ1) is 12.4. The number of methoxy groups -OCH3 is 4. The van der Waals surface area contributed by atoms with E-state index in [-0.39, 0.29) is 18.9 Å². The maximum absolute atomic E-state index is 12.6. The number of hydrogen-bond acceptors (Lipinski definition) is 8. The van der Waals surface area contributed by atoms with Gasteiger partial charge in [0, 0.05) is 6.54 Å². The Bertz CT molecular complexity index is 737. The van der Waals surface area contributed by atoms with Crippen molar-refractivity contribution in [2.24, 2.45) is 0 Å². The molecule has 0 radical (unpaired) electrons. The van der Waals surface area contributed by atoms with Crippen LogP contribution in [0.15, 0.2) is 17.0 Å². The highest BCUT2D eigenvalue weighted by Gasteiger charge is 2.32. The van der Waals surface area contributed by atoms with Gasteiger partial charge in [0.15, 0.2) is 11.5 Å². The first-order valence-electron chi connectivity index (χ1n) is 7.57. The van der Waals surface area contributed by atoms with Crippen molar-refractivity contribution in [1.29, 1.82) is 0 Å². The van der Waals surface area contributed by atoms with E-state index in [4.69, 9.17) is 26.4 Å². The van der Waals surface area contributed by atoms with E-state index >= 15 is 0 Å². The number of thiocarbonyl (C=S) groups is 1. The minimum Gasteiger partial charge on any atom is -0.493 e. The second-order valence-corrected chi connectivity index (χ2v) is 6.79. The van der Waals surface area contributed by atoms with Crippen LogP contribution < -0.4 is 14.2 Å². The lowest BCUT2D eigenvalue weighted by molar-refractivity contribution is -0.140. The Morgan fingerprint density at radius 1 is 1.15 bits per heavy atom. The number of amides is 1. The Kier molecular flexibility index (Phi) is 6.87. The van der Waals surface area contributed by atoms with Gasteiger partial charge in [0.25, 0.3) is 5.91 Å². The number of ether oxygens (including phenoxy) is 4. The molecule has 0 saturated carbocycles. The van der Waals surface area contributed by atoms with Gasteiger partial charge in [0.05, 0.1) is 39.8 Å². The van der Waals surface area contributed by atoms with E-state index in [2.05, 4.69) is 4.74 Å². The molecule has 9 heteroatoms. The Hall–Kier alpha value is -2.26. The van der Waals surface area contributed by atoms with Crippen LogP contribution >= 0.6 is 24.0 Å². The lowest BCUT2D eigenvalue weighted by atomic mass is 10.1. The van der Waals surface area contributed by atoms with Crippen LogP contribution in [0.4, 0.5) is 0 Å². The van der Waals surface area contributed by atoms with E-state index in [1.807, 2.05) is 0 Å². The van der Waals surface area contributed by atoms with Crippen LogP contribution in [-0.2, 0) is 14.3 Å². The predicted molar refractivity (Wildman–Crippen MR) is 103 cm³/mol. The normalized spacial score (nSPS) is 15.4. The lowest BCUT2D eigenvalue weighted by Gasteiger charge is -2.13. The van der Waals surface area contributed by atoms with Crippen molar-refractivity contribution in [2.75, 3.05) is 35.0 Å². The van der Waals surface area contributed by atoms with Gasteiger partial charge in [-0.1, -0.05) is 24.0 Å². The molecule has 1 aliphatic rings. The Labute approximate surface area is 161 Å². The number of nitrogens with zero attached hydrogens (tertiary/aromatic N) is 1. The maximum atomic E-state index is 12.6. The van der Waals surface area contributed by atoms with Gasteiger partial charge >= 0.3 is 5.97 Å². The van der Waals surface area contributed by atoms with E-state index < -0.39 is 5.97 Å². The second-order valence-electron chi connectivity index (χ2n) is 5.12. The van der Waals surface area contributed by atoms with Gasteiger partial charge in [-0.2, -0.15) is 0 Å². The molecule has 0 atom stereocenters. The summed E-state index contributed by atoms with van der Waals surface area (Å²) in [4.78, 5) is 25.7. The smallest absolute Gasteiger partial charge is 0.307 e. The van der Waals surface area contributed by atoms with E-state index in [0.717, 1.165) is 0 Å². The van der Waals surface area contributed by atoms with E-state index in [1.54, 1.807) is 18.2 Å². The summed E-state index contributed by atoms with van der Waals surface area (Å²) in [5, 5.41) is 0. The molecule has 0 bridgehead atoms. The zero-order valence-electron chi connectivity index (χ0n) is 14.9. The summed E-state index contributed by atoms with van der Waals surface area (Å²) < 4.78 is 20.9. The molecule has 0 aliphatic carbocycles. The predicted octanol–water partition coefficient (Wildman–Crippen LogP) is 2.48. The maximum Gasteiger partial charge on any atom is 0.307 e. The molecule has 1 heterocycles. The summed E-state index contributed by atoms with van der Waals surface area (Å²) >= 11 is 6.42. The Morgan fingerprint density at radius 2 is 1.77 bits per heavy atom. The van der Waals surface area contributed by atoms with Crippen LogP contribution in [0.2, 0.25) is 0 Å². The first kappa shape index (κ1) is 20.1. The summed E-state index contributed by atoms with van der Waals surface area (Å²) in [7, 11) is 5.87. The van der Waals surface area contributed by atoms with Gasteiger partial charge in [-0.15, -0.1) is 0 Å². The highest BCUT2D eigenvalue weighted by molar-refractivity contribution is 8.26. The van der Waals surface area contributed by atoms with Gasteiger partial charge in [0.1, 0.15) is 4.32 Å². The minimum absolute atomic E-state index is 0.0837. The standard InChI is InChI=1S/C17H19NO6S2/c1-21-11-7-10(8-12(22-2)15(11)24-4)9-13-16(20)18(17(25)26-13)6-5-14(19)23-3/h7-9H,5-6H2,1-4H3/b13-9-. The molecule has 1 aromatic carbocycles. The number of hydrogen-bond donors (Lipinski definition) is 0. The quantitative estimate of drug-likeness (QED) is 0.395. The summed E-state index contributed by atoms with van der Waals surface area (Å²) in [6.45, 7) is 0.184. The molecule has 140 valence electrons. The highest BCUT2D eigenvalue weighted by Crippen LogP contribution is 2.40. The van der Waals surface area contributed by atoms with Gasteiger partial charge < -0.3 is 18.9 Å². The monoisotopic (exact) mass is 397 g/mol. The van der Waals surface area contributed by atoms with Crippen molar-refractivity contribution >= 4 is 46.3 Å². The molecule has 7 nitrogen and oxygen atoms in total. The molecule has 0 unspecified atom stereocenters. The fourth-order valence-electron chi connectivity index (χ4n) is 2.33. The topological polar surface area (TPSA) is 74.3 Å². The third-order valence-electron chi connectivity index (χ3n) is 3.63. The second kappa shape index (κ2) is 8.91. The van der Waals surface area contributed by atoms with Crippen molar-refractivity contribution < 1.29 is 28.5 Å². The van der Waals surface area contributed by atoms with Gasteiger partial charge in [-0.05, 0) is 23.8 Å². The van der Waals surface area contributed by atoms with Crippen molar-refractivity contribution in [3.05, 3.63) is 22.6 Å². The first-order valence-corrected chi connectivity index (χ1v) is 8.79. The molecule has 1 saturated heterocycles. The summed E-state index contributed by atoms with van der Waals surface area (Å²) in [5.41, 5.74) is 0.702. The average Bonchev–Trinajstić information content (AvgIpc) is 2.91. The number of thioether (sulfide) groups is 1. The molecule has 1 amide bonds. The summed E-state index contributed by atoms with van der Waals surface area (Å²) in [5.74, 6) is 0.793. The molecule has 0 aromatic heterocycles. The molecule has 2 rings (SSSR count). The molecule has 0 N–H and O–H groups in total. The fraction of sp³-hybridized carbons (Fsp3) is 0.353. The van der Waals surface area contributed by atoms with Gasteiger partial charge in [0.2, 0.25) is 5.75 Å². The highest BCUT2D eigenvalue weighted by atomic mass is 32.2. The molecule has 26 heavy (non-hydrogen) atoms. The molecule has 1 aromatic rings. The van der Waals surface area contributed by atoms with Crippen LogP contribution in [0.5, 0.6) is 17.2 Å².